The lowest BCUT2D eigenvalue weighted by molar-refractivity contribution is 0.0950. The number of aromatic nitrogens is 3. The summed E-state index contributed by atoms with van der Waals surface area (Å²) in [7, 11) is -3.70. The van der Waals surface area contributed by atoms with E-state index in [0.29, 0.717) is 5.56 Å². The molecule has 1 N–H and O–H groups in total. The number of imidazole rings is 1. The van der Waals surface area contributed by atoms with Gasteiger partial charge in [0.1, 0.15) is 5.65 Å². The summed E-state index contributed by atoms with van der Waals surface area (Å²) in [6.45, 7) is 0.276. The largest absolute Gasteiger partial charge is 0.348 e. The molecule has 3 heterocycles. The monoisotopic (exact) mass is 442 g/mol. The normalized spacial score (nSPS) is 11.6. The van der Waals surface area contributed by atoms with E-state index >= 15 is 0 Å². The van der Waals surface area contributed by atoms with E-state index in [0.717, 1.165) is 22.1 Å². The molecule has 0 unspecified atom stereocenters. The van der Waals surface area contributed by atoms with Gasteiger partial charge in [-0.2, -0.15) is 0 Å². The molecule has 0 atom stereocenters. The van der Waals surface area contributed by atoms with Crippen LogP contribution in [0.1, 0.15) is 15.9 Å². The Hall–Kier alpha value is -4.04. The van der Waals surface area contributed by atoms with E-state index in [4.69, 9.17) is 0 Å². The summed E-state index contributed by atoms with van der Waals surface area (Å²) in [5.74, 6) is -0.223. The predicted molar refractivity (Wildman–Crippen MR) is 120 cm³/mol. The summed E-state index contributed by atoms with van der Waals surface area (Å²) >= 11 is 0. The lowest BCUT2D eigenvalue weighted by atomic mass is 10.2. The van der Waals surface area contributed by atoms with Crippen molar-refractivity contribution in [1.29, 1.82) is 0 Å². The molecule has 7 nitrogen and oxygen atoms in total. The lowest BCUT2D eigenvalue weighted by Crippen LogP contribution is -2.23. The van der Waals surface area contributed by atoms with Crippen LogP contribution in [0.15, 0.2) is 101 Å². The summed E-state index contributed by atoms with van der Waals surface area (Å²) in [5, 5.41) is 3.62. The number of benzene rings is 2. The summed E-state index contributed by atoms with van der Waals surface area (Å²) < 4.78 is 27.8. The summed E-state index contributed by atoms with van der Waals surface area (Å²) in [6.07, 6.45) is 6.53. The highest BCUT2D eigenvalue weighted by Gasteiger charge is 2.18. The van der Waals surface area contributed by atoms with Crippen LogP contribution in [0.25, 0.3) is 16.6 Å². The second kappa shape index (κ2) is 7.90. The third-order valence-electron chi connectivity index (χ3n) is 5.21. The van der Waals surface area contributed by atoms with Gasteiger partial charge in [-0.05, 0) is 42.0 Å². The number of hydrogen-bond donors (Lipinski definition) is 1. The van der Waals surface area contributed by atoms with E-state index in [9.17, 15) is 13.2 Å². The maximum atomic E-state index is 13.0. The molecule has 5 rings (SSSR count). The minimum absolute atomic E-state index is 0.146. The van der Waals surface area contributed by atoms with Crippen LogP contribution in [0, 0.1) is 0 Å². The molecule has 0 fully saturated rings. The molecule has 0 saturated heterocycles. The zero-order valence-corrected chi connectivity index (χ0v) is 17.7. The first-order valence-corrected chi connectivity index (χ1v) is 11.4. The highest BCUT2D eigenvalue weighted by Crippen LogP contribution is 2.23. The van der Waals surface area contributed by atoms with Crippen LogP contribution < -0.4 is 5.32 Å². The van der Waals surface area contributed by atoms with E-state index in [-0.39, 0.29) is 22.2 Å². The molecule has 1 amide bonds. The predicted octanol–water partition coefficient (Wildman–Crippen LogP) is 3.65. The topological polar surface area (TPSA) is 93.4 Å². The van der Waals surface area contributed by atoms with Crippen LogP contribution in [0.4, 0.5) is 0 Å². The molecule has 158 valence electrons. The smallest absolute Gasteiger partial charge is 0.253 e. The first kappa shape index (κ1) is 19.9. The van der Waals surface area contributed by atoms with Gasteiger partial charge in [0.15, 0.2) is 0 Å². The molecular weight excluding hydrogens is 424 g/mol. The molecule has 0 aliphatic heterocycles. The Balaban J connectivity index is 1.31. The fraction of sp³-hybridized carbons (Fsp3) is 0.0417. The van der Waals surface area contributed by atoms with Crippen molar-refractivity contribution in [1.82, 2.24) is 19.7 Å². The number of carbonyl (C=O) groups is 1. The number of sulfone groups is 1. The number of rotatable bonds is 5. The van der Waals surface area contributed by atoms with Crippen molar-refractivity contribution < 1.29 is 13.2 Å². The number of para-hydroxylation sites is 1. The van der Waals surface area contributed by atoms with Gasteiger partial charge >= 0.3 is 0 Å². The van der Waals surface area contributed by atoms with Gasteiger partial charge < -0.3 is 9.72 Å². The Kier molecular flexibility index (Phi) is 4.91. The summed E-state index contributed by atoms with van der Waals surface area (Å²) in [6, 6.07) is 19.0. The zero-order valence-electron chi connectivity index (χ0n) is 16.8. The number of fused-ring (bicyclic) bond motifs is 2. The van der Waals surface area contributed by atoms with Crippen molar-refractivity contribution >= 4 is 32.3 Å². The molecular formula is C24H18N4O3S. The van der Waals surface area contributed by atoms with Crippen LogP contribution in [0.3, 0.4) is 0 Å². The van der Waals surface area contributed by atoms with Gasteiger partial charge in [0.2, 0.25) is 9.84 Å². The van der Waals surface area contributed by atoms with Crippen LogP contribution in [-0.2, 0) is 16.4 Å². The minimum atomic E-state index is -3.70. The van der Waals surface area contributed by atoms with Crippen molar-refractivity contribution in [2.24, 2.45) is 0 Å². The fourth-order valence-electron chi connectivity index (χ4n) is 3.46. The van der Waals surface area contributed by atoms with E-state index in [1.165, 1.54) is 6.20 Å². The number of hydrogen-bond acceptors (Lipinski definition) is 5. The second-order valence-electron chi connectivity index (χ2n) is 7.30. The van der Waals surface area contributed by atoms with Crippen molar-refractivity contribution in [3.8, 4) is 0 Å². The highest BCUT2D eigenvalue weighted by molar-refractivity contribution is 7.91. The van der Waals surface area contributed by atoms with Gasteiger partial charge in [0.05, 0.1) is 20.9 Å². The Morgan fingerprint density at radius 1 is 0.938 bits per heavy atom. The van der Waals surface area contributed by atoms with Crippen LogP contribution in [0.2, 0.25) is 0 Å². The van der Waals surface area contributed by atoms with Crippen LogP contribution >= 0.6 is 0 Å². The van der Waals surface area contributed by atoms with Gasteiger partial charge in [-0.3, -0.25) is 9.78 Å². The number of amides is 1. The SMILES string of the molecule is O=C(NCc1ccc(S(=O)(=O)c2cnc3ccccc3c2)cc1)c1ccc2nccn2c1. The zero-order chi connectivity index (χ0) is 22.1. The van der Waals surface area contributed by atoms with Gasteiger partial charge in [-0.1, -0.05) is 30.3 Å². The van der Waals surface area contributed by atoms with E-state index in [1.807, 2.05) is 24.3 Å². The quantitative estimate of drug-likeness (QED) is 0.449. The first-order chi connectivity index (χ1) is 15.5. The van der Waals surface area contributed by atoms with Gasteiger partial charge in [0, 0.05) is 36.7 Å². The average Bonchev–Trinajstić information content (AvgIpc) is 3.30. The molecule has 0 aliphatic carbocycles. The third kappa shape index (κ3) is 3.72. The van der Waals surface area contributed by atoms with Crippen molar-refractivity contribution in [2.75, 3.05) is 0 Å². The summed E-state index contributed by atoms with van der Waals surface area (Å²) in [4.78, 5) is 21.2. The molecule has 3 aromatic heterocycles. The molecule has 0 aliphatic rings. The molecule has 32 heavy (non-hydrogen) atoms. The first-order valence-electron chi connectivity index (χ1n) is 9.90. The van der Waals surface area contributed by atoms with E-state index in [1.54, 1.807) is 65.5 Å². The van der Waals surface area contributed by atoms with Gasteiger partial charge in [-0.15, -0.1) is 0 Å². The Morgan fingerprint density at radius 2 is 1.75 bits per heavy atom. The Bertz CT molecular complexity index is 1560. The molecule has 8 heteroatoms. The molecule has 2 aromatic carbocycles. The van der Waals surface area contributed by atoms with Crippen molar-refractivity contribution in [2.45, 2.75) is 16.3 Å². The number of nitrogens with one attached hydrogen (secondary N) is 1. The maximum absolute atomic E-state index is 13.0. The minimum Gasteiger partial charge on any atom is -0.348 e. The highest BCUT2D eigenvalue weighted by atomic mass is 32.2. The molecule has 0 bridgehead atoms. The standard InChI is InChI=1S/C24H18N4O3S/c29-24(19-7-10-23-25-11-12-28(23)16-19)27-14-17-5-8-20(9-6-17)32(30,31)21-13-18-3-1-2-4-22(18)26-15-21/h1-13,15-16H,14H2,(H,27,29). The Morgan fingerprint density at radius 3 is 2.59 bits per heavy atom. The van der Waals surface area contributed by atoms with Gasteiger partial charge in [0.25, 0.3) is 5.91 Å². The van der Waals surface area contributed by atoms with E-state index < -0.39 is 9.84 Å². The number of carbonyl (C=O) groups excluding carboxylic acids is 1. The third-order valence-corrected chi connectivity index (χ3v) is 6.95. The molecule has 0 spiro atoms. The second-order valence-corrected chi connectivity index (χ2v) is 9.25. The molecule has 0 saturated carbocycles. The van der Waals surface area contributed by atoms with E-state index in [2.05, 4.69) is 15.3 Å². The maximum Gasteiger partial charge on any atom is 0.253 e. The van der Waals surface area contributed by atoms with Crippen LogP contribution in [0.5, 0.6) is 0 Å². The number of pyridine rings is 2. The Labute approximate surface area is 184 Å². The molecule has 5 aromatic rings. The molecule has 0 radical (unpaired) electrons. The van der Waals surface area contributed by atoms with Gasteiger partial charge in [-0.25, -0.2) is 13.4 Å². The summed E-state index contributed by atoms with van der Waals surface area (Å²) in [5.41, 5.74) is 2.81. The fourth-order valence-corrected chi connectivity index (χ4v) is 4.70. The van der Waals surface area contributed by atoms with Crippen molar-refractivity contribution in [3.63, 3.8) is 0 Å². The van der Waals surface area contributed by atoms with Crippen LogP contribution in [-0.4, -0.2) is 28.7 Å². The lowest BCUT2D eigenvalue weighted by Gasteiger charge is -2.08. The average molecular weight is 443 g/mol. The van der Waals surface area contributed by atoms with Crippen molar-refractivity contribution in [3.05, 3.63) is 103 Å². The number of nitrogens with zero attached hydrogens (tertiary/aromatic N) is 3.